The van der Waals surface area contributed by atoms with E-state index in [1.54, 1.807) is 18.2 Å². The van der Waals surface area contributed by atoms with Gasteiger partial charge in [-0.2, -0.15) is 5.26 Å². The van der Waals surface area contributed by atoms with E-state index in [0.717, 1.165) is 10.5 Å². The number of anilines is 1. The zero-order valence-corrected chi connectivity index (χ0v) is 16.0. The molecule has 0 bridgehead atoms. The van der Waals surface area contributed by atoms with Gasteiger partial charge in [-0.1, -0.05) is 44.2 Å². The maximum absolute atomic E-state index is 13.3. The molecule has 0 saturated carbocycles. The van der Waals surface area contributed by atoms with Gasteiger partial charge in [-0.25, -0.2) is 4.79 Å². The molecule has 0 spiro atoms. The van der Waals surface area contributed by atoms with Gasteiger partial charge in [-0.15, -0.1) is 0 Å². The average Bonchev–Trinajstić information content (AvgIpc) is 2.69. The van der Waals surface area contributed by atoms with Crippen LogP contribution in [0.3, 0.4) is 0 Å². The van der Waals surface area contributed by atoms with Crippen molar-refractivity contribution in [3.63, 3.8) is 0 Å². The van der Waals surface area contributed by atoms with Crippen LogP contribution in [0.15, 0.2) is 53.3 Å². The van der Waals surface area contributed by atoms with E-state index in [2.05, 4.69) is 6.07 Å². The second kappa shape index (κ2) is 7.57. The minimum Gasteiger partial charge on any atom is -0.465 e. The van der Waals surface area contributed by atoms with Gasteiger partial charge in [-0.3, -0.25) is 14.3 Å². The van der Waals surface area contributed by atoms with Crippen molar-refractivity contribution in [2.75, 3.05) is 11.9 Å². The van der Waals surface area contributed by atoms with Crippen molar-refractivity contribution in [3.8, 4) is 17.2 Å². The predicted molar refractivity (Wildman–Crippen MR) is 110 cm³/mol. The van der Waals surface area contributed by atoms with Crippen LogP contribution in [0.2, 0.25) is 0 Å². The van der Waals surface area contributed by atoms with Crippen molar-refractivity contribution in [1.29, 1.82) is 5.26 Å². The Morgan fingerprint density at radius 3 is 2.43 bits per heavy atom. The van der Waals surface area contributed by atoms with Gasteiger partial charge in [0.2, 0.25) is 0 Å². The molecule has 3 rings (SSSR count). The van der Waals surface area contributed by atoms with Crippen molar-refractivity contribution >= 4 is 22.7 Å². The fourth-order valence-corrected chi connectivity index (χ4v) is 3.37. The lowest BCUT2D eigenvalue weighted by molar-refractivity contribution is 0.203. The summed E-state index contributed by atoms with van der Waals surface area (Å²) in [6.45, 7) is 4.33. The molecular weight excluding hydrogens is 354 g/mol. The van der Waals surface area contributed by atoms with Crippen LogP contribution in [0.5, 0.6) is 0 Å². The molecule has 28 heavy (non-hydrogen) atoms. The Morgan fingerprint density at radius 1 is 1.18 bits per heavy atom. The monoisotopic (exact) mass is 375 g/mol. The first-order valence-electron chi connectivity index (χ1n) is 8.97. The van der Waals surface area contributed by atoms with Gasteiger partial charge in [0.15, 0.2) is 0 Å². The van der Waals surface area contributed by atoms with Crippen molar-refractivity contribution in [3.05, 3.63) is 64.4 Å². The first-order valence-corrected chi connectivity index (χ1v) is 8.97. The standard InChI is InChI=1S/C22H21N3O3/c1-14(2)13-25-20(24(3)22(27)28)19(16-7-5-4-6-8-16)18-11-15(12-23)9-10-17(18)21(25)26/h4-11,14H,13H2,1-3H3,(H,27,28). The van der Waals surface area contributed by atoms with Crippen molar-refractivity contribution in [1.82, 2.24) is 4.57 Å². The van der Waals surface area contributed by atoms with Crippen molar-refractivity contribution in [2.45, 2.75) is 20.4 Å². The summed E-state index contributed by atoms with van der Waals surface area (Å²) in [5.41, 5.74) is 1.55. The molecule has 0 radical (unpaired) electrons. The molecule has 2 aromatic carbocycles. The first kappa shape index (κ1) is 19.2. The topological polar surface area (TPSA) is 86.3 Å². The summed E-state index contributed by atoms with van der Waals surface area (Å²) in [4.78, 5) is 26.2. The van der Waals surface area contributed by atoms with Crippen LogP contribution in [0.4, 0.5) is 10.6 Å². The fourth-order valence-electron chi connectivity index (χ4n) is 3.37. The number of nitrogens with zero attached hydrogens (tertiary/aromatic N) is 3. The lowest BCUT2D eigenvalue weighted by Gasteiger charge is -2.25. The summed E-state index contributed by atoms with van der Waals surface area (Å²) in [7, 11) is 1.43. The van der Waals surface area contributed by atoms with Crippen LogP contribution in [0, 0.1) is 17.2 Å². The quantitative estimate of drug-likeness (QED) is 0.736. The molecule has 0 unspecified atom stereocenters. The maximum Gasteiger partial charge on any atom is 0.412 e. The average molecular weight is 375 g/mol. The third-order valence-electron chi connectivity index (χ3n) is 4.59. The Hall–Kier alpha value is -3.59. The van der Waals surface area contributed by atoms with Crippen molar-refractivity contribution in [2.24, 2.45) is 5.92 Å². The number of hydrogen-bond donors (Lipinski definition) is 1. The van der Waals surface area contributed by atoms with Gasteiger partial charge in [0.25, 0.3) is 5.56 Å². The van der Waals surface area contributed by atoms with Gasteiger partial charge < -0.3 is 5.11 Å². The van der Waals surface area contributed by atoms with E-state index in [-0.39, 0.29) is 11.5 Å². The maximum atomic E-state index is 13.3. The second-order valence-corrected chi connectivity index (χ2v) is 7.09. The SMILES string of the molecule is CC(C)Cn1c(N(C)C(=O)O)c(-c2ccccc2)c2cc(C#N)ccc2c1=O. The smallest absolute Gasteiger partial charge is 0.412 e. The number of carboxylic acid groups (broad SMARTS) is 1. The largest absolute Gasteiger partial charge is 0.465 e. The summed E-state index contributed by atoms with van der Waals surface area (Å²) in [5.74, 6) is 0.443. The zero-order chi connectivity index (χ0) is 20.4. The van der Waals surface area contributed by atoms with Crippen LogP contribution in [0.25, 0.3) is 21.9 Å². The van der Waals surface area contributed by atoms with Crippen LogP contribution >= 0.6 is 0 Å². The number of benzene rings is 2. The highest BCUT2D eigenvalue weighted by molar-refractivity contribution is 6.05. The Kier molecular flexibility index (Phi) is 5.18. The number of amides is 1. The Labute approximate surface area is 162 Å². The highest BCUT2D eigenvalue weighted by atomic mass is 16.4. The summed E-state index contributed by atoms with van der Waals surface area (Å²) < 4.78 is 1.52. The van der Waals surface area contributed by atoms with Crippen molar-refractivity contribution < 1.29 is 9.90 Å². The number of hydrogen-bond acceptors (Lipinski definition) is 3. The summed E-state index contributed by atoms with van der Waals surface area (Å²) in [6.07, 6.45) is -1.16. The van der Waals surface area contributed by atoms with E-state index in [1.165, 1.54) is 11.6 Å². The van der Waals surface area contributed by atoms with Gasteiger partial charge in [0, 0.05) is 24.5 Å². The summed E-state index contributed by atoms with van der Waals surface area (Å²) in [5, 5.41) is 20.0. The van der Waals surface area contributed by atoms with Crippen LogP contribution in [0.1, 0.15) is 19.4 Å². The lowest BCUT2D eigenvalue weighted by atomic mass is 9.97. The first-order chi connectivity index (χ1) is 13.3. The van der Waals surface area contributed by atoms with Gasteiger partial charge >= 0.3 is 6.09 Å². The third kappa shape index (κ3) is 3.35. The summed E-state index contributed by atoms with van der Waals surface area (Å²) >= 11 is 0. The van der Waals surface area contributed by atoms with Gasteiger partial charge in [0.1, 0.15) is 5.82 Å². The number of aromatic nitrogens is 1. The van der Waals surface area contributed by atoms with E-state index in [0.29, 0.717) is 34.3 Å². The molecular formula is C22H21N3O3. The molecule has 0 saturated heterocycles. The molecule has 1 heterocycles. The van der Waals surface area contributed by atoms with Crippen LogP contribution < -0.4 is 10.5 Å². The normalized spacial score (nSPS) is 10.8. The highest BCUT2D eigenvalue weighted by Crippen LogP contribution is 2.36. The minimum atomic E-state index is -1.16. The van der Waals surface area contributed by atoms with E-state index in [9.17, 15) is 20.0 Å². The van der Waals surface area contributed by atoms with E-state index < -0.39 is 6.09 Å². The zero-order valence-electron chi connectivity index (χ0n) is 16.0. The predicted octanol–water partition coefficient (Wildman–Crippen LogP) is 4.31. The van der Waals surface area contributed by atoms with Crippen LogP contribution in [-0.4, -0.2) is 22.8 Å². The number of carbonyl (C=O) groups is 1. The molecule has 1 N–H and O–H groups in total. The third-order valence-corrected chi connectivity index (χ3v) is 4.59. The highest BCUT2D eigenvalue weighted by Gasteiger charge is 2.24. The molecule has 6 nitrogen and oxygen atoms in total. The number of nitriles is 1. The molecule has 6 heteroatoms. The van der Waals surface area contributed by atoms with Gasteiger partial charge in [0.05, 0.1) is 11.6 Å². The van der Waals surface area contributed by atoms with Gasteiger partial charge in [-0.05, 0) is 35.1 Å². The molecule has 1 aromatic heterocycles. The summed E-state index contributed by atoms with van der Waals surface area (Å²) in [6, 6.07) is 16.3. The number of rotatable bonds is 4. The Bertz CT molecular complexity index is 1140. The van der Waals surface area contributed by atoms with E-state index >= 15 is 0 Å². The number of pyridine rings is 1. The molecule has 3 aromatic rings. The Balaban J connectivity index is 2.57. The molecule has 1 amide bonds. The molecule has 0 aliphatic carbocycles. The van der Waals surface area contributed by atoms with E-state index in [1.807, 2.05) is 44.2 Å². The molecule has 0 atom stereocenters. The fraction of sp³-hybridized carbons (Fsp3) is 0.227. The molecule has 0 aliphatic rings. The molecule has 0 fully saturated rings. The molecule has 0 aliphatic heterocycles. The molecule has 142 valence electrons. The second-order valence-electron chi connectivity index (χ2n) is 7.09. The Morgan fingerprint density at radius 2 is 1.86 bits per heavy atom. The minimum absolute atomic E-state index is 0.137. The van der Waals surface area contributed by atoms with E-state index in [4.69, 9.17) is 0 Å². The lowest BCUT2D eigenvalue weighted by Crippen LogP contribution is -2.34. The van der Waals surface area contributed by atoms with Crippen LogP contribution in [-0.2, 0) is 6.54 Å². The number of fused-ring (bicyclic) bond motifs is 1.